The van der Waals surface area contributed by atoms with Crippen molar-refractivity contribution in [2.24, 2.45) is 0 Å². The summed E-state index contributed by atoms with van der Waals surface area (Å²) in [6, 6.07) is 11.3. The van der Waals surface area contributed by atoms with Gasteiger partial charge in [0, 0.05) is 18.3 Å². The van der Waals surface area contributed by atoms with Crippen LogP contribution in [0.4, 0.5) is 14.5 Å². The van der Waals surface area contributed by atoms with E-state index < -0.39 is 33.6 Å². The third-order valence-electron chi connectivity index (χ3n) is 6.56. The van der Waals surface area contributed by atoms with Gasteiger partial charge >= 0.3 is 0 Å². The first-order valence-electron chi connectivity index (χ1n) is 10.9. The summed E-state index contributed by atoms with van der Waals surface area (Å²) in [6.45, 7) is 7.28. The molecule has 0 fully saturated rings. The number of carbonyl (C=O) groups is 1. The standard InChI is InChI=1S/C26H26F2N2O3S/c1-15-11-16(2)18(4)25(17(15)3)34(32,33)30-14-20-8-6-5-7-19(20)12-24(30)26(31)29-21-9-10-22(27)23(28)13-21/h5-11,13,24H,12,14H2,1-4H3,(H,29,31)/t24-/m0/s1. The summed E-state index contributed by atoms with van der Waals surface area (Å²) in [5, 5.41) is 2.56. The van der Waals surface area contributed by atoms with E-state index in [1.54, 1.807) is 13.8 Å². The molecule has 0 radical (unpaired) electrons. The van der Waals surface area contributed by atoms with Crippen molar-refractivity contribution in [1.82, 2.24) is 4.31 Å². The maximum atomic E-state index is 14.0. The number of sulfonamides is 1. The number of nitrogens with zero attached hydrogens (tertiary/aromatic N) is 1. The Morgan fingerprint density at radius 3 is 2.15 bits per heavy atom. The van der Waals surface area contributed by atoms with Gasteiger partial charge in [-0.25, -0.2) is 17.2 Å². The Labute approximate surface area is 198 Å². The molecule has 8 heteroatoms. The highest BCUT2D eigenvalue weighted by molar-refractivity contribution is 7.89. The average molecular weight is 485 g/mol. The van der Waals surface area contributed by atoms with Gasteiger partial charge in [0.1, 0.15) is 6.04 Å². The molecule has 1 heterocycles. The van der Waals surface area contributed by atoms with E-state index in [9.17, 15) is 22.0 Å². The van der Waals surface area contributed by atoms with Gasteiger partial charge in [-0.05, 0) is 79.6 Å². The number of anilines is 1. The van der Waals surface area contributed by atoms with Gasteiger partial charge in [0.2, 0.25) is 15.9 Å². The normalized spacial score (nSPS) is 16.2. The van der Waals surface area contributed by atoms with Crippen molar-refractivity contribution < 1.29 is 22.0 Å². The highest BCUT2D eigenvalue weighted by atomic mass is 32.2. The van der Waals surface area contributed by atoms with Crippen LogP contribution in [0.3, 0.4) is 0 Å². The summed E-state index contributed by atoms with van der Waals surface area (Å²) >= 11 is 0. The van der Waals surface area contributed by atoms with Gasteiger partial charge in [0.15, 0.2) is 11.6 Å². The molecule has 0 bridgehead atoms. The molecule has 1 aliphatic heterocycles. The van der Waals surface area contributed by atoms with Crippen LogP contribution in [0, 0.1) is 39.3 Å². The van der Waals surface area contributed by atoms with E-state index in [4.69, 9.17) is 0 Å². The lowest BCUT2D eigenvalue weighted by Gasteiger charge is -2.36. The molecule has 0 saturated carbocycles. The van der Waals surface area contributed by atoms with E-state index in [1.165, 1.54) is 10.4 Å². The molecular formula is C26H26F2N2O3S. The number of carbonyl (C=O) groups excluding carboxylic acids is 1. The number of amides is 1. The molecule has 1 amide bonds. The summed E-state index contributed by atoms with van der Waals surface area (Å²) in [7, 11) is -4.07. The number of fused-ring (bicyclic) bond motifs is 1. The van der Waals surface area contributed by atoms with Crippen LogP contribution in [0.1, 0.15) is 33.4 Å². The van der Waals surface area contributed by atoms with Crippen molar-refractivity contribution in [3.8, 4) is 0 Å². The molecule has 178 valence electrons. The second kappa shape index (κ2) is 8.92. The second-order valence-electron chi connectivity index (χ2n) is 8.75. The topological polar surface area (TPSA) is 66.5 Å². The van der Waals surface area contributed by atoms with E-state index >= 15 is 0 Å². The van der Waals surface area contributed by atoms with Crippen molar-refractivity contribution >= 4 is 21.6 Å². The highest BCUT2D eigenvalue weighted by Crippen LogP contribution is 2.34. The Balaban J connectivity index is 1.80. The van der Waals surface area contributed by atoms with Crippen LogP contribution >= 0.6 is 0 Å². The summed E-state index contributed by atoms with van der Waals surface area (Å²) in [4.78, 5) is 13.5. The number of nitrogens with one attached hydrogen (secondary N) is 1. The fourth-order valence-electron chi connectivity index (χ4n) is 4.46. The molecule has 0 unspecified atom stereocenters. The van der Waals surface area contributed by atoms with Crippen LogP contribution in [-0.2, 0) is 27.8 Å². The van der Waals surface area contributed by atoms with Gasteiger partial charge in [-0.15, -0.1) is 0 Å². The lowest BCUT2D eigenvalue weighted by atomic mass is 9.95. The van der Waals surface area contributed by atoms with E-state index in [0.29, 0.717) is 11.1 Å². The van der Waals surface area contributed by atoms with Crippen molar-refractivity contribution in [3.63, 3.8) is 0 Å². The molecule has 1 aliphatic rings. The number of aryl methyl sites for hydroxylation is 2. The quantitative estimate of drug-likeness (QED) is 0.570. The minimum Gasteiger partial charge on any atom is -0.325 e. The van der Waals surface area contributed by atoms with Gasteiger partial charge < -0.3 is 5.32 Å². The largest absolute Gasteiger partial charge is 0.325 e. The Kier molecular flexibility index (Phi) is 6.31. The van der Waals surface area contributed by atoms with E-state index in [1.807, 2.05) is 44.2 Å². The molecule has 34 heavy (non-hydrogen) atoms. The van der Waals surface area contributed by atoms with E-state index in [2.05, 4.69) is 5.32 Å². The molecule has 1 N–H and O–H groups in total. The number of halogens is 2. The second-order valence-corrected chi connectivity index (χ2v) is 10.6. The van der Waals surface area contributed by atoms with E-state index in [-0.39, 0.29) is 23.5 Å². The maximum Gasteiger partial charge on any atom is 0.244 e. The monoisotopic (exact) mass is 484 g/mol. The predicted molar refractivity (Wildman–Crippen MR) is 127 cm³/mol. The zero-order chi connectivity index (χ0) is 24.8. The zero-order valence-electron chi connectivity index (χ0n) is 19.4. The van der Waals surface area contributed by atoms with Crippen molar-refractivity contribution in [2.45, 2.75) is 51.6 Å². The number of rotatable bonds is 4. The molecule has 0 aliphatic carbocycles. The van der Waals surface area contributed by atoms with Gasteiger partial charge in [0.05, 0.1) is 4.90 Å². The zero-order valence-corrected chi connectivity index (χ0v) is 20.3. The molecule has 5 nitrogen and oxygen atoms in total. The molecule has 4 rings (SSSR count). The molecule has 0 spiro atoms. The van der Waals surface area contributed by atoms with Crippen molar-refractivity contribution in [2.75, 3.05) is 5.32 Å². The molecule has 0 saturated heterocycles. The van der Waals surface area contributed by atoms with Crippen molar-refractivity contribution in [3.05, 3.63) is 93.5 Å². The first-order chi connectivity index (χ1) is 16.0. The fraction of sp³-hybridized carbons (Fsp3) is 0.269. The molecular weight excluding hydrogens is 458 g/mol. The lowest BCUT2D eigenvalue weighted by Crippen LogP contribution is -2.50. The number of hydrogen-bond acceptors (Lipinski definition) is 3. The first-order valence-corrected chi connectivity index (χ1v) is 12.4. The average Bonchev–Trinajstić information content (AvgIpc) is 2.79. The third-order valence-corrected chi connectivity index (χ3v) is 8.69. The predicted octanol–water partition coefficient (Wildman–Crippen LogP) is 4.95. The Morgan fingerprint density at radius 1 is 0.912 bits per heavy atom. The Hall–Kier alpha value is -3.10. The minimum absolute atomic E-state index is 0.0280. The first kappa shape index (κ1) is 24.0. The van der Waals surface area contributed by atoms with Gasteiger partial charge in [0.25, 0.3) is 0 Å². The smallest absolute Gasteiger partial charge is 0.244 e. The molecule has 3 aromatic carbocycles. The van der Waals surface area contributed by atoms with Crippen molar-refractivity contribution in [1.29, 1.82) is 0 Å². The molecule has 3 aromatic rings. The highest BCUT2D eigenvalue weighted by Gasteiger charge is 2.41. The summed E-state index contributed by atoms with van der Waals surface area (Å²) in [5.74, 6) is -2.74. The van der Waals surface area contributed by atoms with Crippen LogP contribution in [0.2, 0.25) is 0 Å². The maximum absolute atomic E-state index is 14.0. The number of hydrogen-bond donors (Lipinski definition) is 1. The van der Waals surface area contributed by atoms with Crippen LogP contribution in [0.15, 0.2) is 53.4 Å². The van der Waals surface area contributed by atoms with Crippen LogP contribution in [-0.4, -0.2) is 24.7 Å². The SMILES string of the molecule is Cc1cc(C)c(C)c(S(=O)(=O)N2Cc3ccccc3C[C@H]2C(=O)Nc2ccc(F)c(F)c2)c1C. The summed E-state index contributed by atoms with van der Waals surface area (Å²) < 4.78 is 56.3. The van der Waals surface area contributed by atoms with Crippen LogP contribution in [0.5, 0.6) is 0 Å². The van der Waals surface area contributed by atoms with E-state index in [0.717, 1.165) is 34.4 Å². The van der Waals surface area contributed by atoms with Gasteiger partial charge in [-0.1, -0.05) is 30.3 Å². The van der Waals surface area contributed by atoms with Crippen LogP contribution in [0.25, 0.3) is 0 Å². The van der Waals surface area contributed by atoms with Gasteiger partial charge in [-0.2, -0.15) is 4.31 Å². The summed E-state index contributed by atoms with van der Waals surface area (Å²) in [5.41, 5.74) is 4.72. The minimum atomic E-state index is -4.07. The third kappa shape index (κ3) is 4.23. The Morgan fingerprint density at radius 2 is 1.53 bits per heavy atom. The van der Waals surface area contributed by atoms with Gasteiger partial charge in [-0.3, -0.25) is 4.79 Å². The van der Waals surface area contributed by atoms with Crippen LogP contribution < -0.4 is 5.32 Å². The Bertz CT molecular complexity index is 1380. The number of benzene rings is 3. The lowest BCUT2D eigenvalue weighted by molar-refractivity contribution is -0.120. The molecule has 1 atom stereocenters. The molecule has 0 aromatic heterocycles. The summed E-state index contributed by atoms with van der Waals surface area (Å²) in [6.07, 6.45) is 0.161. The fourth-order valence-corrected chi connectivity index (χ4v) is 6.60.